The maximum absolute atomic E-state index is 14.0. The average Bonchev–Trinajstić information content (AvgIpc) is 3.51. The number of nitrogens with zero attached hydrogens (tertiary/aromatic N) is 4. The summed E-state index contributed by atoms with van der Waals surface area (Å²) in [6.07, 6.45) is 5.99. The number of likely N-dealkylation sites (N-methyl/N-ethyl adjacent to an activating group) is 1. The van der Waals surface area contributed by atoms with Crippen LogP contribution in [0.2, 0.25) is 5.02 Å². The number of hydrogen-bond acceptors (Lipinski definition) is 5. The molecule has 2 amide bonds. The van der Waals surface area contributed by atoms with Crippen molar-refractivity contribution in [1.29, 1.82) is 0 Å². The summed E-state index contributed by atoms with van der Waals surface area (Å²) < 4.78 is 0. The first-order chi connectivity index (χ1) is 17.1. The Morgan fingerprint density at radius 1 is 1.22 bits per heavy atom. The summed E-state index contributed by atoms with van der Waals surface area (Å²) in [5.74, 6) is 0.0829. The van der Waals surface area contributed by atoms with E-state index in [4.69, 9.17) is 16.6 Å². The van der Waals surface area contributed by atoms with Gasteiger partial charge in [0.15, 0.2) is 5.17 Å². The predicted octanol–water partition coefficient (Wildman–Crippen LogP) is 6.09. The topological polar surface area (TPSA) is 56.2 Å². The second-order valence-corrected chi connectivity index (χ2v) is 12.3. The number of rotatable bonds is 8. The largest absolute Gasteiger partial charge is 0.347 e. The third kappa shape index (κ3) is 4.93. The Morgan fingerprint density at radius 3 is 2.53 bits per heavy atom. The van der Waals surface area contributed by atoms with Gasteiger partial charge in [-0.05, 0) is 61.6 Å². The molecule has 2 unspecified atom stereocenters. The number of carbonyl (C=O) groups excluding carboxylic acids is 2. The van der Waals surface area contributed by atoms with Crippen LogP contribution in [0.3, 0.4) is 0 Å². The van der Waals surface area contributed by atoms with E-state index in [9.17, 15) is 9.59 Å². The van der Waals surface area contributed by atoms with E-state index >= 15 is 0 Å². The molecule has 3 heterocycles. The molecule has 3 aliphatic rings. The number of carbonyl (C=O) groups is 2. The van der Waals surface area contributed by atoms with Crippen molar-refractivity contribution < 1.29 is 9.59 Å². The number of amides is 2. The molecule has 4 rings (SSSR count). The zero-order valence-corrected chi connectivity index (χ0v) is 24.0. The summed E-state index contributed by atoms with van der Waals surface area (Å²) >= 11 is 7.74. The molecule has 0 saturated carbocycles. The number of likely N-dealkylation sites (tertiary alicyclic amines) is 1. The van der Waals surface area contributed by atoms with Gasteiger partial charge in [0.25, 0.3) is 5.91 Å². The first-order valence-electron chi connectivity index (χ1n) is 13.2. The van der Waals surface area contributed by atoms with E-state index in [2.05, 4.69) is 44.7 Å². The third-order valence-electron chi connectivity index (χ3n) is 7.54. The van der Waals surface area contributed by atoms with Crippen LogP contribution in [0, 0.1) is 5.92 Å². The van der Waals surface area contributed by atoms with Crippen LogP contribution >= 0.6 is 23.4 Å². The molecule has 0 aliphatic carbocycles. The number of benzene rings is 1. The van der Waals surface area contributed by atoms with Crippen LogP contribution in [-0.2, 0) is 9.59 Å². The van der Waals surface area contributed by atoms with Gasteiger partial charge in [-0.1, -0.05) is 63.8 Å². The Labute approximate surface area is 225 Å². The lowest BCUT2D eigenvalue weighted by Crippen LogP contribution is -2.46. The summed E-state index contributed by atoms with van der Waals surface area (Å²) in [6.45, 7) is 9.37. The lowest BCUT2D eigenvalue weighted by atomic mass is 9.82. The van der Waals surface area contributed by atoms with Gasteiger partial charge in [0.2, 0.25) is 5.91 Å². The van der Waals surface area contributed by atoms with Crippen molar-refractivity contribution in [2.24, 2.45) is 10.9 Å². The maximum Gasteiger partial charge on any atom is 0.263 e. The molecule has 0 bridgehead atoms. The van der Waals surface area contributed by atoms with Gasteiger partial charge in [0, 0.05) is 31.4 Å². The fraction of sp³-hybridized carbons (Fsp3) is 0.607. The van der Waals surface area contributed by atoms with Gasteiger partial charge < -0.3 is 14.7 Å². The van der Waals surface area contributed by atoms with Gasteiger partial charge in [0.05, 0.1) is 11.6 Å². The number of halogens is 1. The highest BCUT2D eigenvalue weighted by Crippen LogP contribution is 2.54. The number of hydrogen-bond donors (Lipinski definition) is 0. The Hall–Kier alpha value is -1.99. The molecule has 0 spiro atoms. The summed E-state index contributed by atoms with van der Waals surface area (Å²) in [5, 5.41) is 1.61. The minimum atomic E-state index is -0.391. The zero-order valence-electron chi connectivity index (χ0n) is 22.4. The van der Waals surface area contributed by atoms with Gasteiger partial charge in [-0.15, -0.1) is 0 Å². The number of unbranched alkanes of at least 4 members (excludes halogenated alkanes) is 2. The zero-order chi connectivity index (χ0) is 26.2. The van der Waals surface area contributed by atoms with Crippen LogP contribution in [0.25, 0.3) is 0 Å². The second-order valence-electron chi connectivity index (χ2n) is 10.9. The van der Waals surface area contributed by atoms with E-state index in [1.54, 1.807) is 23.9 Å². The molecule has 1 aromatic rings. The quantitative estimate of drug-likeness (QED) is 0.382. The second kappa shape index (κ2) is 10.8. The van der Waals surface area contributed by atoms with E-state index in [0.29, 0.717) is 18.0 Å². The molecule has 1 fully saturated rings. The number of aliphatic imine (C=N–C) groups is 1. The normalized spacial score (nSPS) is 25.6. The van der Waals surface area contributed by atoms with Crippen LogP contribution in [-0.4, -0.2) is 63.9 Å². The molecule has 36 heavy (non-hydrogen) atoms. The molecule has 196 valence electrons. The van der Waals surface area contributed by atoms with Crippen molar-refractivity contribution in [1.82, 2.24) is 14.7 Å². The fourth-order valence-corrected chi connectivity index (χ4v) is 7.26. The summed E-state index contributed by atoms with van der Waals surface area (Å²) in [5.41, 5.74) is 1.88. The number of thioether (sulfide) groups is 1. The molecule has 0 N–H and O–H groups in total. The number of fused-ring (bicyclic) bond motifs is 1. The summed E-state index contributed by atoms with van der Waals surface area (Å²) in [4.78, 5) is 38.5. The molecule has 3 atom stereocenters. The molecule has 6 nitrogen and oxygen atoms in total. The Morgan fingerprint density at radius 2 is 1.92 bits per heavy atom. The van der Waals surface area contributed by atoms with Crippen LogP contribution < -0.4 is 0 Å². The van der Waals surface area contributed by atoms with Gasteiger partial charge >= 0.3 is 0 Å². The van der Waals surface area contributed by atoms with Crippen LogP contribution in [0.4, 0.5) is 0 Å². The highest BCUT2D eigenvalue weighted by molar-refractivity contribution is 8.18. The minimum Gasteiger partial charge on any atom is -0.347 e. The van der Waals surface area contributed by atoms with Crippen LogP contribution in [0.1, 0.15) is 77.8 Å². The molecule has 0 radical (unpaired) electrons. The third-order valence-corrected chi connectivity index (χ3v) is 8.85. The smallest absolute Gasteiger partial charge is 0.263 e. The Kier molecular flexibility index (Phi) is 8.10. The lowest BCUT2D eigenvalue weighted by molar-refractivity contribution is -0.140. The molecular weight excluding hydrogens is 492 g/mol. The van der Waals surface area contributed by atoms with Gasteiger partial charge in [-0.25, -0.2) is 0 Å². The fourth-order valence-electron chi connectivity index (χ4n) is 5.76. The molecular formula is C28H39ClN4O2S. The van der Waals surface area contributed by atoms with E-state index in [1.165, 1.54) is 18.2 Å². The van der Waals surface area contributed by atoms with E-state index in [1.807, 2.05) is 12.1 Å². The Bertz CT molecular complexity index is 1070. The van der Waals surface area contributed by atoms with Crippen LogP contribution in [0.15, 0.2) is 39.9 Å². The Balaban J connectivity index is 1.74. The van der Waals surface area contributed by atoms with Crippen molar-refractivity contribution in [3.8, 4) is 0 Å². The number of amidine groups is 1. The first kappa shape index (κ1) is 27.1. The SMILES string of the molecule is CCCCCC1(C)N=C2SC(C(=O)N3CCC[C@H]3C(=O)N(C)C)=C(C(C)C)N2C1c1ccc(Cl)cc1. The molecule has 0 aromatic heterocycles. The van der Waals surface area contributed by atoms with Crippen molar-refractivity contribution in [2.45, 2.75) is 83.8 Å². The predicted molar refractivity (Wildman–Crippen MR) is 149 cm³/mol. The summed E-state index contributed by atoms with van der Waals surface area (Å²) in [7, 11) is 3.51. The first-order valence-corrected chi connectivity index (χ1v) is 14.4. The molecule has 8 heteroatoms. The van der Waals surface area contributed by atoms with Gasteiger partial charge in [-0.3, -0.25) is 14.6 Å². The van der Waals surface area contributed by atoms with Crippen molar-refractivity contribution >= 4 is 40.3 Å². The van der Waals surface area contributed by atoms with Gasteiger partial charge in [0.1, 0.15) is 10.9 Å². The average molecular weight is 531 g/mol. The monoisotopic (exact) mass is 530 g/mol. The van der Waals surface area contributed by atoms with Crippen molar-refractivity contribution in [3.05, 3.63) is 45.5 Å². The van der Waals surface area contributed by atoms with E-state index < -0.39 is 6.04 Å². The van der Waals surface area contributed by atoms with Gasteiger partial charge in [-0.2, -0.15) is 0 Å². The van der Waals surface area contributed by atoms with Crippen molar-refractivity contribution in [3.63, 3.8) is 0 Å². The minimum absolute atomic E-state index is 0.00377. The highest BCUT2D eigenvalue weighted by atomic mass is 35.5. The molecule has 3 aliphatic heterocycles. The number of allylic oxidation sites excluding steroid dienone is 1. The lowest BCUT2D eigenvalue weighted by Gasteiger charge is -2.37. The van der Waals surface area contributed by atoms with E-state index in [-0.39, 0.29) is 29.3 Å². The van der Waals surface area contributed by atoms with Crippen LogP contribution in [0.5, 0.6) is 0 Å². The highest BCUT2D eigenvalue weighted by Gasteiger charge is 2.52. The summed E-state index contributed by atoms with van der Waals surface area (Å²) in [6, 6.07) is 7.68. The molecule has 1 saturated heterocycles. The van der Waals surface area contributed by atoms with Crippen molar-refractivity contribution in [2.75, 3.05) is 20.6 Å². The standard InChI is InChI=1S/C28H39ClN4O2S/c1-7-8-9-16-28(4)24(19-12-14-20(29)15-13-19)33-22(18(2)3)23(36-27(33)30-28)26(35)32-17-10-11-21(32)25(34)31(5)6/h12-15,18,21,24H,7-11,16-17H2,1-6H3/t21-,24?,28?/m0/s1. The maximum atomic E-state index is 14.0. The van der Waals surface area contributed by atoms with E-state index in [0.717, 1.165) is 47.0 Å². The molecule has 1 aromatic carbocycles.